The summed E-state index contributed by atoms with van der Waals surface area (Å²) in [4.78, 5) is 13.8. The monoisotopic (exact) mass is 400 g/mol. The second-order valence-corrected chi connectivity index (χ2v) is 5.34. The van der Waals surface area contributed by atoms with E-state index in [1.54, 1.807) is 6.07 Å². The minimum Gasteiger partial charge on any atom is -0.503 e. The third-order valence-electron chi connectivity index (χ3n) is 2.74. The number of halogens is 2. The van der Waals surface area contributed by atoms with Crippen LogP contribution in [0, 0.1) is 10.1 Å². The van der Waals surface area contributed by atoms with E-state index in [1.165, 1.54) is 25.5 Å². The zero-order valence-corrected chi connectivity index (χ0v) is 14.0. The molecule has 2 rings (SSSR count). The molecule has 0 aliphatic rings. The predicted octanol–water partition coefficient (Wildman–Crippen LogP) is 3.57. The van der Waals surface area contributed by atoms with Crippen molar-refractivity contribution < 1.29 is 14.8 Å². The maximum absolute atomic E-state index is 10.5. The van der Waals surface area contributed by atoms with Crippen molar-refractivity contribution in [2.75, 3.05) is 12.5 Å². The fraction of sp³-hybridized carbons (Fsp3) is 0.0769. The molecular formula is C13H10BrClN4O4. The lowest BCUT2D eigenvalue weighted by Crippen LogP contribution is -1.96. The minimum absolute atomic E-state index is 0.0965. The van der Waals surface area contributed by atoms with Crippen molar-refractivity contribution in [3.05, 3.63) is 49.6 Å². The first-order chi connectivity index (χ1) is 10.9. The van der Waals surface area contributed by atoms with Gasteiger partial charge in [-0.1, -0.05) is 11.6 Å². The Labute approximate surface area is 144 Å². The molecule has 0 bridgehead atoms. The van der Waals surface area contributed by atoms with Crippen LogP contribution in [0.5, 0.6) is 11.5 Å². The summed E-state index contributed by atoms with van der Waals surface area (Å²) in [5.74, 6) is 0.358. The molecule has 1 heterocycles. The Morgan fingerprint density at radius 2 is 2.30 bits per heavy atom. The van der Waals surface area contributed by atoms with Crippen LogP contribution in [-0.4, -0.2) is 28.3 Å². The number of aromatic hydroxyl groups is 1. The zero-order valence-electron chi connectivity index (χ0n) is 11.7. The highest BCUT2D eigenvalue weighted by Crippen LogP contribution is 2.40. The molecule has 0 aliphatic carbocycles. The van der Waals surface area contributed by atoms with Crippen LogP contribution in [0.2, 0.25) is 5.02 Å². The first-order valence-corrected chi connectivity index (χ1v) is 7.25. The van der Waals surface area contributed by atoms with Crippen molar-refractivity contribution in [2.45, 2.75) is 0 Å². The van der Waals surface area contributed by atoms with Gasteiger partial charge in [-0.05, 0) is 28.1 Å². The van der Waals surface area contributed by atoms with Crippen molar-refractivity contribution in [3.63, 3.8) is 0 Å². The fourth-order valence-electron chi connectivity index (χ4n) is 1.59. The molecule has 0 aliphatic heterocycles. The molecular weight excluding hydrogens is 392 g/mol. The number of ether oxygens (including phenoxy) is 1. The summed E-state index contributed by atoms with van der Waals surface area (Å²) in [6, 6.07) is 4.27. The van der Waals surface area contributed by atoms with Gasteiger partial charge in [0.15, 0.2) is 11.5 Å². The van der Waals surface area contributed by atoms with Crippen LogP contribution in [0.1, 0.15) is 5.56 Å². The summed E-state index contributed by atoms with van der Waals surface area (Å²) < 4.78 is 5.45. The van der Waals surface area contributed by atoms with Crippen molar-refractivity contribution in [1.29, 1.82) is 0 Å². The molecule has 2 aromatic rings. The molecule has 23 heavy (non-hydrogen) atoms. The first-order valence-electron chi connectivity index (χ1n) is 6.08. The highest BCUT2D eigenvalue weighted by molar-refractivity contribution is 9.10. The summed E-state index contributed by atoms with van der Waals surface area (Å²) in [7, 11) is 1.40. The molecule has 1 aromatic carbocycles. The fourth-order valence-corrected chi connectivity index (χ4v) is 2.20. The average Bonchev–Trinajstić information content (AvgIpc) is 2.55. The Kier molecular flexibility index (Phi) is 5.35. The maximum Gasteiger partial charge on any atom is 0.287 e. The number of pyridine rings is 1. The lowest BCUT2D eigenvalue weighted by atomic mass is 10.2. The number of nitrogens with one attached hydrogen (secondary N) is 1. The van der Waals surface area contributed by atoms with Gasteiger partial charge < -0.3 is 9.84 Å². The highest BCUT2D eigenvalue weighted by atomic mass is 79.9. The summed E-state index contributed by atoms with van der Waals surface area (Å²) in [5.41, 5.74) is 3.07. The number of aromatic nitrogens is 1. The van der Waals surface area contributed by atoms with E-state index in [4.69, 9.17) is 16.3 Å². The van der Waals surface area contributed by atoms with Crippen LogP contribution < -0.4 is 10.2 Å². The number of phenolic OH excluding ortho intramolecular Hbond substituents is 1. The van der Waals surface area contributed by atoms with E-state index in [-0.39, 0.29) is 22.2 Å². The summed E-state index contributed by atoms with van der Waals surface area (Å²) in [5, 5.41) is 24.4. The van der Waals surface area contributed by atoms with Crippen molar-refractivity contribution in [2.24, 2.45) is 5.10 Å². The number of hydrogen-bond acceptors (Lipinski definition) is 7. The van der Waals surface area contributed by atoms with E-state index in [2.05, 4.69) is 31.4 Å². The molecule has 1 aromatic heterocycles. The van der Waals surface area contributed by atoms with Crippen LogP contribution in [0.3, 0.4) is 0 Å². The van der Waals surface area contributed by atoms with Gasteiger partial charge in [-0.3, -0.25) is 15.5 Å². The number of hydrogen-bond donors (Lipinski definition) is 2. The van der Waals surface area contributed by atoms with Gasteiger partial charge in [0.05, 0.1) is 18.2 Å². The maximum atomic E-state index is 10.5. The number of anilines is 1. The van der Waals surface area contributed by atoms with Gasteiger partial charge in [0.1, 0.15) is 17.0 Å². The third kappa shape index (κ3) is 3.88. The van der Waals surface area contributed by atoms with Gasteiger partial charge in [-0.25, -0.2) is 4.98 Å². The largest absolute Gasteiger partial charge is 0.503 e. The first kappa shape index (κ1) is 17.0. The number of methoxy groups -OCH3 is 1. The van der Waals surface area contributed by atoms with Crippen LogP contribution in [0.25, 0.3) is 0 Å². The third-order valence-corrected chi connectivity index (χ3v) is 4.19. The SMILES string of the molecule is COc1cc(/C=N/Nc2ccc([N+](=O)[O-])cn2)c(Br)c(Cl)c1O. The van der Waals surface area contributed by atoms with Crippen LogP contribution in [-0.2, 0) is 0 Å². The topological polar surface area (TPSA) is 110 Å². The van der Waals surface area contributed by atoms with Gasteiger partial charge >= 0.3 is 0 Å². The number of benzene rings is 1. The Bertz CT molecular complexity index is 768. The number of nitro groups is 1. The molecule has 0 fully saturated rings. The van der Waals surface area contributed by atoms with Gasteiger partial charge in [0, 0.05) is 16.1 Å². The quantitative estimate of drug-likeness (QED) is 0.450. The second-order valence-electron chi connectivity index (χ2n) is 4.17. The van der Waals surface area contributed by atoms with E-state index in [1.807, 2.05) is 0 Å². The standard InChI is InChI=1S/C13H10BrClN4O4/c1-23-9-4-7(11(14)12(15)13(9)20)5-17-18-10-3-2-8(6-16-10)19(21)22/h2-6,20H,1H3,(H,16,18)/b17-5+. The number of nitrogens with zero attached hydrogens (tertiary/aromatic N) is 3. The second kappa shape index (κ2) is 7.25. The Balaban J connectivity index is 2.17. The smallest absolute Gasteiger partial charge is 0.287 e. The lowest BCUT2D eigenvalue weighted by Gasteiger charge is -2.09. The van der Waals surface area contributed by atoms with Gasteiger partial charge in [0.25, 0.3) is 5.69 Å². The molecule has 0 spiro atoms. The predicted molar refractivity (Wildman–Crippen MR) is 89.5 cm³/mol. The summed E-state index contributed by atoms with van der Waals surface area (Å²) in [6.45, 7) is 0. The van der Waals surface area contributed by atoms with Crippen LogP contribution in [0.15, 0.2) is 34.0 Å². The van der Waals surface area contributed by atoms with E-state index < -0.39 is 4.92 Å². The average molecular weight is 402 g/mol. The molecule has 0 amide bonds. The molecule has 0 unspecified atom stereocenters. The Hall–Kier alpha value is -2.39. The zero-order chi connectivity index (χ0) is 17.0. The van der Waals surface area contributed by atoms with Gasteiger partial charge in [-0.15, -0.1) is 0 Å². The minimum atomic E-state index is -0.540. The normalized spacial score (nSPS) is 10.7. The summed E-state index contributed by atoms with van der Waals surface area (Å²) >= 11 is 9.22. The van der Waals surface area contributed by atoms with E-state index in [0.29, 0.717) is 15.9 Å². The van der Waals surface area contributed by atoms with E-state index >= 15 is 0 Å². The van der Waals surface area contributed by atoms with Crippen molar-refractivity contribution in [1.82, 2.24) is 4.98 Å². The Morgan fingerprint density at radius 3 is 2.87 bits per heavy atom. The molecule has 0 atom stereocenters. The van der Waals surface area contributed by atoms with Gasteiger partial charge in [0.2, 0.25) is 0 Å². The van der Waals surface area contributed by atoms with Crippen molar-refractivity contribution >= 4 is 45.3 Å². The molecule has 0 radical (unpaired) electrons. The number of phenols is 1. The molecule has 0 saturated heterocycles. The lowest BCUT2D eigenvalue weighted by molar-refractivity contribution is -0.385. The van der Waals surface area contributed by atoms with Gasteiger partial charge in [-0.2, -0.15) is 5.10 Å². The van der Waals surface area contributed by atoms with Crippen LogP contribution in [0.4, 0.5) is 11.5 Å². The van der Waals surface area contributed by atoms with Crippen molar-refractivity contribution in [3.8, 4) is 11.5 Å². The highest BCUT2D eigenvalue weighted by Gasteiger charge is 2.14. The molecule has 2 N–H and O–H groups in total. The molecule has 120 valence electrons. The molecule has 8 nitrogen and oxygen atoms in total. The number of hydrazone groups is 1. The molecule has 0 saturated carbocycles. The summed E-state index contributed by atoms with van der Waals surface area (Å²) in [6.07, 6.45) is 2.55. The molecule has 10 heteroatoms. The Morgan fingerprint density at radius 1 is 1.57 bits per heavy atom. The van der Waals surface area contributed by atoms with E-state index in [0.717, 1.165) is 6.20 Å². The number of rotatable bonds is 5. The van der Waals surface area contributed by atoms with E-state index in [9.17, 15) is 15.2 Å². The van der Waals surface area contributed by atoms with Crippen LogP contribution >= 0.6 is 27.5 Å².